The maximum absolute atomic E-state index is 11.9. The fraction of sp³-hybridized carbons (Fsp3) is 0.105. The molecular formula is C19H13O5V-3. The van der Waals surface area contributed by atoms with Crippen molar-refractivity contribution >= 4 is 4.23 Å². The van der Waals surface area contributed by atoms with Gasteiger partial charge in [0.2, 0.25) is 0 Å². The topological polar surface area (TPSA) is 93.0 Å². The van der Waals surface area contributed by atoms with Crippen molar-refractivity contribution in [3.8, 4) is 0 Å². The summed E-state index contributed by atoms with van der Waals surface area (Å²) in [4.78, 5) is 0. The van der Waals surface area contributed by atoms with Crippen LogP contribution in [0.15, 0.2) is 70.4 Å². The molecule has 0 saturated carbocycles. The Morgan fingerprint density at radius 2 is 1.96 bits per heavy atom. The molecule has 1 atom stereocenters. The third kappa shape index (κ3) is 2.14. The number of fused-ring (bicyclic) bond motifs is 3. The van der Waals surface area contributed by atoms with Gasteiger partial charge < -0.3 is 0 Å². The van der Waals surface area contributed by atoms with E-state index in [1.54, 1.807) is 12.1 Å². The number of methoxy groups -OCH3 is 1. The van der Waals surface area contributed by atoms with Crippen LogP contribution in [0.2, 0.25) is 0 Å². The quantitative estimate of drug-likeness (QED) is 0.649. The summed E-state index contributed by atoms with van der Waals surface area (Å²) in [5.74, 6) is -0.375. The summed E-state index contributed by atoms with van der Waals surface area (Å²) in [6.45, 7) is 0. The third-order valence-corrected chi connectivity index (χ3v) is 5.30. The normalized spacial score (nSPS) is 22.3. The maximum atomic E-state index is 11.9. The second-order valence-electron chi connectivity index (χ2n) is 5.89. The van der Waals surface area contributed by atoms with Gasteiger partial charge in [0.05, 0.1) is 0 Å². The molecule has 3 N–H and O–H groups in total. The van der Waals surface area contributed by atoms with Crippen molar-refractivity contribution in [3.05, 3.63) is 93.6 Å². The van der Waals surface area contributed by atoms with Crippen molar-refractivity contribution in [2.45, 2.75) is 6.10 Å². The van der Waals surface area contributed by atoms with Gasteiger partial charge in [-0.3, -0.25) is 0 Å². The van der Waals surface area contributed by atoms with Crippen molar-refractivity contribution in [2.24, 2.45) is 0 Å². The van der Waals surface area contributed by atoms with Gasteiger partial charge in [-0.2, -0.15) is 0 Å². The Morgan fingerprint density at radius 3 is 2.68 bits per heavy atom. The number of benzene rings is 1. The van der Waals surface area contributed by atoms with Crippen LogP contribution in [-0.2, 0) is 21.7 Å². The molecule has 3 aliphatic carbocycles. The van der Waals surface area contributed by atoms with Crippen molar-refractivity contribution in [2.75, 3.05) is 7.11 Å². The van der Waals surface area contributed by atoms with Gasteiger partial charge in [0, 0.05) is 0 Å². The molecule has 0 aliphatic heterocycles. The molecule has 6 heteroatoms. The molecular weight excluding hydrogens is 359 g/mol. The van der Waals surface area contributed by atoms with E-state index in [-0.39, 0.29) is 34.5 Å². The number of rotatable bonds is 1. The number of hydrogen-bond acceptors (Lipinski definition) is 5. The molecule has 25 heavy (non-hydrogen) atoms. The molecule has 0 bridgehead atoms. The average Bonchev–Trinajstić information content (AvgIpc) is 2.61. The molecule has 0 heterocycles. The van der Waals surface area contributed by atoms with E-state index in [1.807, 2.05) is 12.1 Å². The first-order valence-corrected chi connectivity index (χ1v) is 8.26. The summed E-state index contributed by atoms with van der Waals surface area (Å²) in [6.07, 6.45) is 1.65. The van der Waals surface area contributed by atoms with Crippen LogP contribution < -0.4 is 5.11 Å². The van der Waals surface area contributed by atoms with Crippen molar-refractivity contribution < 1.29 is 42.1 Å². The molecule has 1 aromatic carbocycles. The number of ether oxygens (including phenoxy) is 1. The summed E-state index contributed by atoms with van der Waals surface area (Å²) in [5, 5.41) is 44.3. The van der Waals surface area contributed by atoms with E-state index in [4.69, 9.17) is 4.74 Å². The minimum atomic E-state index is -0.775. The van der Waals surface area contributed by atoms with Gasteiger partial charge in [-0.05, 0) is 0 Å². The zero-order valence-corrected chi connectivity index (χ0v) is 14.5. The zero-order chi connectivity index (χ0) is 17.9. The molecule has 0 aromatic heterocycles. The summed E-state index contributed by atoms with van der Waals surface area (Å²) in [7, 11) is 1.42. The Hall–Kier alpha value is -2.31. The van der Waals surface area contributed by atoms with Crippen molar-refractivity contribution in [1.29, 1.82) is 0 Å². The molecule has 5 nitrogen and oxygen atoms in total. The van der Waals surface area contributed by atoms with Crippen LogP contribution in [0, 0.1) is 12.0 Å². The zero-order valence-electron chi connectivity index (χ0n) is 13.1. The molecule has 0 saturated heterocycles. The second-order valence-corrected chi connectivity index (χ2v) is 6.59. The fourth-order valence-electron chi connectivity index (χ4n) is 3.43. The summed E-state index contributed by atoms with van der Waals surface area (Å²) in [5.41, 5.74) is 1.90. The number of hydrogen-bond donors (Lipinski definition) is 3. The van der Waals surface area contributed by atoms with Gasteiger partial charge in [-0.1, -0.05) is 0 Å². The van der Waals surface area contributed by atoms with E-state index in [0.29, 0.717) is 21.3 Å². The van der Waals surface area contributed by atoms with Crippen LogP contribution >= 0.6 is 0 Å². The molecule has 0 radical (unpaired) electrons. The number of allylic oxidation sites excluding steroid dienone is 3. The molecule has 0 fully saturated rings. The Balaban J connectivity index is 2.00. The van der Waals surface area contributed by atoms with Crippen molar-refractivity contribution in [1.82, 2.24) is 0 Å². The van der Waals surface area contributed by atoms with Crippen LogP contribution in [0.4, 0.5) is 0 Å². The fourth-order valence-corrected chi connectivity index (χ4v) is 4.08. The van der Waals surface area contributed by atoms with E-state index < -0.39 is 6.10 Å². The number of aliphatic hydroxyl groups is 3. The van der Waals surface area contributed by atoms with E-state index >= 15 is 0 Å². The molecule has 127 valence electrons. The van der Waals surface area contributed by atoms with Gasteiger partial charge in [0.15, 0.2) is 0 Å². The van der Waals surface area contributed by atoms with Gasteiger partial charge in [-0.15, -0.1) is 0 Å². The molecule has 3 aliphatic rings. The molecule has 0 amide bonds. The van der Waals surface area contributed by atoms with Gasteiger partial charge >= 0.3 is 153 Å². The van der Waals surface area contributed by atoms with Gasteiger partial charge in [0.1, 0.15) is 0 Å². The van der Waals surface area contributed by atoms with Crippen LogP contribution in [-0.4, -0.2) is 32.8 Å². The standard InChI is InChI=1S/C19H14O5.V/c1-24-14-8-10(20)7-13-15(14)18(22)12-6-9-4-2-3-5-11(9)17(21)16(12)19(13)23;/h2-5,7-8,14,20-23H,1H3;/q-2;/p-1. The second kappa shape index (κ2) is 5.61. The first-order valence-electron chi connectivity index (χ1n) is 7.56. The van der Waals surface area contributed by atoms with Gasteiger partial charge in [0.25, 0.3) is 0 Å². The molecule has 0 spiro atoms. The van der Waals surface area contributed by atoms with Crippen molar-refractivity contribution in [3.63, 3.8) is 0 Å². The third-order valence-electron chi connectivity index (χ3n) is 4.58. The minimum absolute atomic E-state index is 0.117. The SMILES string of the molecule is COC1C=C([O-])C=C2C(O)=C3[C-]([C](=[V])c4ccccc4[C-]3O)C(O)=C21. The Labute approximate surface area is 153 Å². The first-order chi connectivity index (χ1) is 12.0. The summed E-state index contributed by atoms with van der Waals surface area (Å²) in [6, 6.07) is 7.17. The predicted molar refractivity (Wildman–Crippen MR) is 84.3 cm³/mol. The van der Waals surface area contributed by atoms with E-state index in [1.165, 1.54) is 19.3 Å². The van der Waals surface area contributed by atoms with Crippen LogP contribution in [0.25, 0.3) is 0 Å². The number of aliphatic hydroxyl groups excluding tert-OH is 3. The Morgan fingerprint density at radius 1 is 1.24 bits per heavy atom. The molecule has 1 aromatic rings. The Kier molecular flexibility index (Phi) is 3.63. The van der Waals surface area contributed by atoms with Crippen LogP contribution in [0.1, 0.15) is 11.1 Å². The average molecular weight is 372 g/mol. The van der Waals surface area contributed by atoms with Crippen LogP contribution in [0.3, 0.4) is 0 Å². The van der Waals surface area contributed by atoms with Crippen LogP contribution in [0.5, 0.6) is 0 Å². The monoisotopic (exact) mass is 372 g/mol. The van der Waals surface area contributed by atoms with E-state index in [2.05, 4.69) is 17.0 Å². The Bertz CT molecular complexity index is 921. The summed E-state index contributed by atoms with van der Waals surface area (Å²) < 4.78 is 5.96. The predicted octanol–water partition coefficient (Wildman–Crippen LogP) is 1.43. The molecule has 1 unspecified atom stereocenters. The summed E-state index contributed by atoms with van der Waals surface area (Å²) >= 11 is 2.37. The van der Waals surface area contributed by atoms with E-state index in [9.17, 15) is 20.4 Å². The molecule has 4 rings (SSSR count). The first kappa shape index (κ1) is 16.2. The van der Waals surface area contributed by atoms with E-state index in [0.717, 1.165) is 5.56 Å². The van der Waals surface area contributed by atoms with Gasteiger partial charge in [-0.25, -0.2) is 0 Å².